The molecule has 0 spiro atoms. The Bertz CT molecular complexity index is 558. The lowest BCUT2D eigenvalue weighted by molar-refractivity contribution is 0.0945. The number of hydrogen-bond donors (Lipinski definition) is 3. The smallest absolute Gasteiger partial charge is 0.253 e. The number of rotatable bonds is 6. The van der Waals surface area contributed by atoms with Crippen LogP contribution in [0.1, 0.15) is 15.9 Å². The van der Waals surface area contributed by atoms with E-state index in [-0.39, 0.29) is 19.1 Å². The maximum Gasteiger partial charge on any atom is 0.253 e. The minimum Gasteiger partial charge on any atom is -0.395 e. The third kappa shape index (κ3) is 3.80. The SMILES string of the molecule is O=C(NCCO)c1ccccc1NCc1ccncc1. The Kier molecular flexibility index (Phi) is 5.08. The minimum absolute atomic E-state index is 0.0711. The molecule has 0 aliphatic carbocycles. The van der Waals surface area contributed by atoms with Gasteiger partial charge in [-0.2, -0.15) is 0 Å². The molecule has 0 atom stereocenters. The fourth-order valence-electron chi connectivity index (χ4n) is 1.80. The third-order valence-electron chi connectivity index (χ3n) is 2.80. The number of anilines is 1. The van der Waals surface area contributed by atoms with Crippen LogP contribution < -0.4 is 10.6 Å². The zero-order chi connectivity index (χ0) is 14.2. The van der Waals surface area contributed by atoms with Crippen LogP contribution in [0.5, 0.6) is 0 Å². The third-order valence-corrected chi connectivity index (χ3v) is 2.80. The highest BCUT2D eigenvalue weighted by Crippen LogP contribution is 2.15. The predicted octanol–water partition coefficient (Wildman–Crippen LogP) is 1.42. The molecule has 1 amide bonds. The van der Waals surface area contributed by atoms with E-state index in [1.165, 1.54) is 0 Å². The Morgan fingerprint density at radius 1 is 1.15 bits per heavy atom. The van der Waals surface area contributed by atoms with E-state index in [0.717, 1.165) is 11.3 Å². The average molecular weight is 271 g/mol. The molecule has 1 aromatic heterocycles. The highest BCUT2D eigenvalue weighted by molar-refractivity contribution is 5.99. The van der Waals surface area contributed by atoms with Gasteiger partial charge in [0.05, 0.1) is 12.2 Å². The monoisotopic (exact) mass is 271 g/mol. The summed E-state index contributed by atoms with van der Waals surface area (Å²) in [5.74, 6) is -0.197. The van der Waals surface area contributed by atoms with Crippen molar-refractivity contribution in [2.75, 3.05) is 18.5 Å². The zero-order valence-electron chi connectivity index (χ0n) is 11.0. The molecule has 0 aliphatic rings. The summed E-state index contributed by atoms with van der Waals surface area (Å²) in [4.78, 5) is 15.9. The summed E-state index contributed by atoms with van der Waals surface area (Å²) in [7, 11) is 0. The van der Waals surface area contributed by atoms with Gasteiger partial charge in [-0.3, -0.25) is 9.78 Å². The largest absolute Gasteiger partial charge is 0.395 e. The molecule has 5 nitrogen and oxygen atoms in total. The lowest BCUT2D eigenvalue weighted by Gasteiger charge is -2.11. The topological polar surface area (TPSA) is 74.2 Å². The van der Waals surface area contributed by atoms with Crippen LogP contribution in [-0.2, 0) is 6.54 Å². The molecule has 3 N–H and O–H groups in total. The van der Waals surface area contributed by atoms with Gasteiger partial charge in [-0.15, -0.1) is 0 Å². The molecular formula is C15H17N3O2. The molecule has 20 heavy (non-hydrogen) atoms. The average Bonchev–Trinajstić information content (AvgIpc) is 2.52. The van der Waals surface area contributed by atoms with Crippen molar-refractivity contribution in [3.63, 3.8) is 0 Å². The van der Waals surface area contributed by atoms with Crippen molar-refractivity contribution < 1.29 is 9.90 Å². The first-order chi connectivity index (χ1) is 9.81. The fourth-order valence-corrected chi connectivity index (χ4v) is 1.80. The maximum absolute atomic E-state index is 12.0. The van der Waals surface area contributed by atoms with Gasteiger partial charge in [0.2, 0.25) is 0 Å². The van der Waals surface area contributed by atoms with E-state index < -0.39 is 0 Å². The normalized spacial score (nSPS) is 10.1. The van der Waals surface area contributed by atoms with Crippen LogP contribution in [0.3, 0.4) is 0 Å². The Balaban J connectivity index is 2.06. The Hall–Kier alpha value is -2.40. The van der Waals surface area contributed by atoms with Crippen LogP contribution in [0, 0.1) is 0 Å². The van der Waals surface area contributed by atoms with Crippen LogP contribution in [-0.4, -0.2) is 29.1 Å². The first-order valence-electron chi connectivity index (χ1n) is 6.42. The molecule has 0 aliphatic heterocycles. The predicted molar refractivity (Wildman–Crippen MR) is 77.4 cm³/mol. The van der Waals surface area contributed by atoms with Crippen molar-refractivity contribution in [2.45, 2.75) is 6.54 Å². The quantitative estimate of drug-likeness (QED) is 0.743. The van der Waals surface area contributed by atoms with Crippen molar-refractivity contribution in [1.82, 2.24) is 10.3 Å². The first-order valence-corrected chi connectivity index (χ1v) is 6.42. The minimum atomic E-state index is -0.197. The summed E-state index contributed by atoms with van der Waals surface area (Å²) in [6.45, 7) is 0.794. The number of aliphatic hydroxyl groups excluding tert-OH is 1. The fraction of sp³-hybridized carbons (Fsp3) is 0.200. The van der Waals surface area contributed by atoms with Gasteiger partial charge in [0, 0.05) is 31.2 Å². The number of carbonyl (C=O) groups is 1. The van der Waals surface area contributed by atoms with Crippen molar-refractivity contribution in [1.29, 1.82) is 0 Å². The molecule has 0 saturated heterocycles. The van der Waals surface area contributed by atoms with E-state index in [1.54, 1.807) is 18.5 Å². The van der Waals surface area contributed by atoms with Gasteiger partial charge in [-0.05, 0) is 29.8 Å². The number of benzene rings is 1. The highest BCUT2D eigenvalue weighted by Gasteiger charge is 2.09. The second kappa shape index (κ2) is 7.25. The molecular weight excluding hydrogens is 254 g/mol. The Morgan fingerprint density at radius 2 is 1.90 bits per heavy atom. The number of carbonyl (C=O) groups excluding carboxylic acids is 1. The maximum atomic E-state index is 12.0. The van der Waals surface area contributed by atoms with Gasteiger partial charge in [-0.1, -0.05) is 12.1 Å². The summed E-state index contributed by atoms with van der Waals surface area (Å²) in [6.07, 6.45) is 3.47. The van der Waals surface area contributed by atoms with E-state index in [9.17, 15) is 4.79 Å². The van der Waals surface area contributed by atoms with Crippen molar-refractivity contribution in [2.24, 2.45) is 0 Å². The number of para-hydroxylation sites is 1. The van der Waals surface area contributed by atoms with Gasteiger partial charge in [0.15, 0.2) is 0 Å². The zero-order valence-corrected chi connectivity index (χ0v) is 11.0. The molecule has 1 heterocycles. The number of hydrogen-bond acceptors (Lipinski definition) is 4. The van der Waals surface area contributed by atoms with Gasteiger partial charge in [-0.25, -0.2) is 0 Å². The molecule has 1 aromatic carbocycles. The first kappa shape index (κ1) is 14.0. The Morgan fingerprint density at radius 3 is 2.65 bits per heavy atom. The van der Waals surface area contributed by atoms with Crippen LogP contribution in [0.15, 0.2) is 48.8 Å². The number of aromatic nitrogens is 1. The molecule has 5 heteroatoms. The standard InChI is InChI=1S/C15H17N3O2/c19-10-9-17-15(20)13-3-1-2-4-14(13)18-11-12-5-7-16-8-6-12/h1-8,18-19H,9-11H2,(H,17,20). The number of amides is 1. The number of aliphatic hydroxyl groups is 1. The molecule has 0 bridgehead atoms. The summed E-state index contributed by atoms with van der Waals surface area (Å²) >= 11 is 0. The summed E-state index contributed by atoms with van der Waals surface area (Å²) in [5, 5.41) is 14.6. The molecule has 0 fully saturated rings. The van der Waals surface area contributed by atoms with Crippen molar-refractivity contribution in [3.8, 4) is 0 Å². The number of nitrogens with one attached hydrogen (secondary N) is 2. The van der Waals surface area contributed by atoms with E-state index in [2.05, 4.69) is 15.6 Å². The van der Waals surface area contributed by atoms with Crippen molar-refractivity contribution in [3.05, 3.63) is 59.9 Å². The van der Waals surface area contributed by atoms with Gasteiger partial charge < -0.3 is 15.7 Å². The van der Waals surface area contributed by atoms with Gasteiger partial charge in [0.25, 0.3) is 5.91 Å². The number of pyridine rings is 1. The van der Waals surface area contributed by atoms with Gasteiger partial charge >= 0.3 is 0 Å². The van der Waals surface area contributed by atoms with Crippen LogP contribution in [0.2, 0.25) is 0 Å². The molecule has 0 saturated carbocycles. The summed E-state index contributed by atoms with van der Waals surface area (Å²) in [6, 6.07) is 11.1. The van der Waals surface area contributed by atoms with E-state index in [0.29, 0.717) is 12.1 Å². The second-order valence-corrected chi connectivity index (χ2v) is 4.23. The summed E-state index contributed by atoms with van der Waals surface area (Å²) in [5.41, 5.74) is 2.42. The molecule has 104 valence electrons. The van der Waals surface area contributed by atoms with E-state index in [4.69, 9.17) is 5.11 Å². The highest BCUT2D eigenvalue weighted by atomic mass is 16.3. The lowest BCUT2D eigenvalue weighted by atomic mass is 10.1. The van der Waals surface area contributed by atoms with Crippen LogP contribution in [0.25, 0.3) is 0 Å². The van der Waals surface area contributed by atoms with Crippen LogP contribution >= 0.6 is 0 Å². The Labute approximate surface area is 117 Å². The molecule has 0 unspecified atom stereocenters. The molecule has 2 aromatic rings. The van der Waals surface area contributed by atoms with E-state index >= 15 is 0 Å². The van der Waals surface area contributed by atoms with E-state index in [1.807, 2.05) is 30.3 Å². The molecule has 2 rings (SSSR count). The lowest BCUT2D eigenvalue weighted by Crippen LogP contribution is -2.27. The number of nitrogens with zero attached hydrogens (tertiary/aromatic N) is 1. The van der Waals surface area contributed by atoms with Gasteiger partial charge in [0.1, 0.15) is 0 Å². The molecule has 0 radical (unpaired) electrons. The van der Waals surface area contributed by atoms with Crippen molar-refractivity contribution >= 4 is 11.6 Å². The summed E-state index contributed by atoms with van der Waals surface area (Å²) < 4.78 is 0. The van der Waals surface area contributed by atoms with Crippen LogP contribution in [0.4, 0.5) is 5.69 Å². The second-order valence-electron chi connectivity index (χ2n) is 4.23.